The first-order valence-electron chi connectivity index (χ1n) is 7.34. The fraction of sp³-hybridized carbons (Fsp3) is 0. The first-order valence-corrected chi connectivity index (χ1v) is 7.34. The number of carbonyl (C=O) groups excluding carboxylic acids is 1. The minimum atomic E-state index is -0.491. The number of hydrazine groups is 1. The Hall–Kier alpha value is -4.08. The van der Waals surface area contributed by atoms with Gasteiger partial charge >= 0.3 is 6.01 Å². The van der Waals surface area contributed by atoms with Crippen LogP contribution in [0.4, 0.5) is 11.7 Å². The molecule has 0 atom stereocenters. The third-order valence-electron chi connectivity index (χ3n) is 3.19. The van der Waals surface area contributed by atoms with Gasteiger partial charge in [-0.1, -0.05) is 5.16 Å². The van der Waals surface area contributed by atoms with Crippen LogP contribution in [0.5, 0.6) is 0 Å². The Morgan fingerprint density at radius 1 is 1.15 bits per heavy atom. The summed E-state index contributed by atoms with van der Waals surface area (Å²) in [6, 6.07) is 9.25. The number of hydrogen-bond donors (Lipinski definition) is 2. The average molecular weight is 352 g/mol. The second-order valence-electron chi connectivity index (χ2n) is 4.96. The van der Waals surface area contributed by atoms with Gasteiger partial charge in [0.1, 0.15) is 0 Å². The number of nitro benzene ring substituents is 1. The molecule has 1 aromatic carbocycles. The van der Waals surface area contributed by atoms with E-state index in [4.69, 9.17) is 4.52 Å². The SMILES string of the molecule is O=C(C=Cc1ccc([N+](=O)[O-])cc1)NNc1nc(-c2ccncc2)no1. The second kappa shape index (κ2) is 7.66. The maximum Gasteiger partial charge on any atom is 0.340 e. The van der Waals surface area contributed by atoms with Gasteiger partial charge in [-0.3, -0.25) is 25.3 Å². The number of anilines is 1. The van der Waals surface area contributed by atoms with Gasteiger partial charge in [-0.2, -0.15) is 4.98 Å². The first kappa shape index (κ1) is 16.8. The highest BCUT2D eigenvalue weighted by Gasteiger charge is 2.08. The number of nitro groups is 1. The molecule has 130 valence electrons. The van der Waals surface area contributed by atoms with Gasteiger partial charge in [0, 0.05) is 36.2 Å². The van der Waals surface area contributed by atoms with Gasteiger partial charge in [-0.05, 0) is 35.9 Å². The van der Waals surface area contributed by atoms with Crippen molar-refractivity contribution in [2.75, 3.05) is 5.43 Å². The molecule has 0 aliphatic carbocycles. The van der Waals surface area contributed by atoms with Crippen molar-refractivity contribution in [2.24, 2.45) is 0 Å². The van der Waals surface area contributed by atoms with Crippen LogP contribution in [0.3, 0.4) is 0 Å². The number of non-ortho nitro benzene ring substituents is 1. The molecule has 1 amide bonds. The van der Waals surface area contributed by atoms with Crippen molar-refractivity contribution < 1.29 is 14.2 Å². The highest BCUT2D eigenvalue weighted by Crippen LogP contribution is 2.15. The molecule has 0 spiro atoms. The van der Waals surface area contributed by atoms with Gasteiger partial charge in [-0.15, -0.1) is 0 Å². The summed E-state index contributed by atoms with van der Waals surface area (Å²) in [4.78, 5) is 29.8. The van der Waals surface area contributed by atoms with Gasteiger partial charge in [0.05, 0.1) is 4.92 Å². The van der Waals surface area contributed by atoms with Crippen LogP contribution in [0, 0.1) is 10.1 Å². The van der Waals surface area contributed by atoms with Crippen LogP contribution in [0.1, 0.15) is 5.56 Å². The summed E-state index contributed by atoms with van der Waals surface area (Å²) in [6.07, 6.45) is 5.97. The van der Waals surface area contributed by atoms with Crippen molar-refractivity contribution in [1.82, 2.24) is 20.6 Å². The Balaban J connectivity index is 1.54. The van der Waals surface area contributed by atoms with Gasteiger partial charge in [0.2, 0.25) is 5.82 Å². The van der Waals surface area contributed by atoms with Crippen molar-refractivity contribution in [3.8, 4) is 11.4 Å². The molecule has 10 heteroatoms. The van der Waals surface area contributed by atoms with E-state index in [-0.39, 0.29) is 11.7 Å². The Kier molecular flexibility index (Phi) is 4.94. The lowest BCUT2D eigenvalue weighted by molar-refractivity contribution is -0.384. The number of pyridine rings is 1. The molecule has 0 aliphatic rings. The number of aromatic nitrogens is 3. The van der Waals surface area contributed by atoms with E-state index in [1.165, 1.54) is 36.4 Å². The molecule has 26 heavy (non-hydrogen) atoms. The van der Waals surface area contributed by atoms with Gasteiger partial charge < -0.3 is 4.52 Å². The molecule has 0 aliphatic heterocycles. The second-order valence-corrected chi connectivity index (χ2v) is 4.96. The van der Waals surface area contributed by atoms with E-state index in [2.05, 4.69) is 26.0 Å². The summed E-state index contributed by atoms with van der Waals surface area (Å²) in [7, 11) is 0. The number of carbonyl (C=O) groups is 1. The van der Waals surface area contributed by atoms with E-state index < -0.39 is 10.8 Å². The monoisotopic (exact) mass is 352 g/mol. The van der Waals surface area contributed by atoms with Crippen molar-refractivity contribution in [3.05, 3.63) is 70.5 Å². The molecule has 3 aromatic rings. The molecular formula is C16H12N6O4. The highest BCUT2D eigenvalue weighted by molar-refractivity contribution is 5.92. The summed E-state index contributed by atoms with van der Waals surface area (Å²) in [5, 5.41) is 14.4. The molecule has 2 heterocycles. The Morgan fingerprint density at radius 3 is 2.58 bits per heavy atom. The van der Waals surface area contributed by atoms with E-state index in [0.29, 0.717) is 11.4 Å². The number of hydrogen-bond acceptors (Lipinski definition) is 8. The van der Waals surface area contributed by atoms with Gasteiger partial charge in [-0.25, -0.2) is 5.43 Å². The fourth-order valence-electron chi connectivity index (χ4n) is 1.93. The maximum absolute atomic E-state index is 11.8. The summed E-state index contributed by atoms with van der Waals surface area (Å²) in [6.45, 7) is 0. The molecule has 0 saturated heterocycles. The Morgan fingerprint density at radius 2 is 1.88 bits per heavy atom. The summed E-state index contributed by atoms with van der Waals surface area (Å²) < 4.78 is 4.97. The van der Waals surface area contributed by atoms with Crippen LogP contribution < -0.4 is 10.9 Å². The summed E-state index contributed by atoms with van der Waals surface area (Å²) in [5.41, 5.74) is 6.22. The average Bonchev–Trinajstić information content (AvgIpc) is 3.15. The zero-order valence-corrected chi connectivity index (χ0v) is 13.2. The molecule has 2 N–H and O–H groups in total. The fourth-order valence-corrected chi connectivity index (χ4v) is 1.93. The van der Waals surface area contributed by atoms with Crippen molar-refractivity contribution in [3.63, 3.8) is 0 Å². The lowest BCUT2D eigenvalue weighted by Crippen LogP contribution is -2.27. The van der Waals surface area contributed by atoms with E-state index in [1.54, 1.807) is 24.5 Å². The molecule has 0 saturated carbocycles. The molecule has 3 rings (SSSR count). The van der Waals surface area contributed by atoms with Crippen LogP contribution in [0.25, 0.3) is 17.5 Å². The molecule has 0 fully saturated rings. The molecule has 2 aromatic heterocycles. The predicted octanol–water partition coefficient (Wildman–Crippen LogP) is 2.20. The summed E-state index contributed by atoms with van der Waals surface area (Å²) >= 11 is 0. The standard InChI is InChI=1S/C16H12N6O4/c23-14(6-3-11-1-4-13(5-2-11)22(24)25)19-20-16-18-15(21-26-16)12-7-9-17-10-8-12/h1-10H,(H,19,23)(H,18,20,21). The normalized spacial score (nSPS) is 10.6. The van der Waals surface area contributed by atoms with Crippen LogP contribution in [-0.2, 0) is 4.79 Å². The van der Waals surface area contributed by atoms with E-state index in [9.17, 15) is 14.9 Å². The van der Waals surface area contributed by atoms with E-state index >= 15 is 0 Å². The van der Waals surface area contributed by atoms with E-state index in [0.717, 1.165) is 5.56 Å². The number of rotatable bonds is 6. The third-order valence-corrected chi connectivity index (χ3v) is 3.19. The van der Waals surface area contributed by atoms with Crippen LogP contribution in [0.15, 0.2) is 59.4 Å². The quantitative estimate of drug-likeness (QED) is 0.391. The largest absolute Gasteiger partial charge is 0.340 e. The van der Waals surface area contributed by atoms with Crippen LogP contribution in [-0.4, -0.2) is 26.0 Å². The lowest BCUT2D eigenvalue weighted by Gasteiger charge is -2.00. The molecular weight excluding hydrogens is 340 g/mol. The lowest BCUT2D eigenvalue weighted by atomic mass is 10.2. The van der Waals surface area contributed by atoms with E-state index in [1.807, 2.05) is 0 Å². The highest BCUT2D eigenvalue weighted by atomic mass is 16.6. The van der Waals surface area contributed by atoms with Gasteiger partial charge in [0.15, 0.2) is 0 Å². The third kappa shape index (κ3) is 4.26. The minimum absolute atomic E-state index is 0.0188. The van der Waals surface area contributed by atoms with Crippen molar-refractivity contribution in [2.45, 2.75) is 0 Å². The molecule has 0 bridgehead atoms. The summed E-state index contributed by atoms with van der Waals surface area (Å²) in [5.74, 6) is -0.113. The number of nitrogens with one attached hydrogen (secondary N) is 2. The molecule has 0 radical (unpaired) electrons. The predicted molar refractivity (Wildman–Crippen MR) is 91.4 cm³/mol. The van der Waals surface area contributed by atoms with Crippen LogP contribution in [0.2, 0.25) is 0 Å². The first-order chi connectivity index (χ1) is 12.6. The number of benzene rings is 1. The zero-order chi connectivity index (χ0) is 18.4. The number of nitrogens with zero attached hydrogens (tertiary/aromatic N) is 4. The minimum Gasteiger partial charge on any atom is -0.313 e. The zero-order valence-electron chi connectivity index (χ0n) is 13.2. The Bertz CT molecular complexity index is 937. The van der Waals surface area contributed by atoms with Gasteiger partial charge in [0.25, 0.3) is 11.6 Å². The molecule has 10 nitrogen and oxygen atoms in total. The number of amides is 1. The topological polar surface area (TPSA) is 136 Å². The van der Waals surface area contributed by atoms with Crippen molar-refractivity contribution in [1.29, 1.82) is 0 Å². The molecule has 0 unspecified atom stereocenters. The smallest absolute Gasteiger partial charge is 0.313 e. The maximum atomic E-state index is 11.8. The van der Waals surface area contributed by atoms with Crippen molar-refractivity contribution >= 4 is 23.7 Å². The Labute approximate surface area is 146 Å². The van der Waals surface area contributed by atoms with Crippen LogP contribution >= 0.6 is 0 Å².